The van der Waals surface area contributed by atoms with E-state index < -0.39 is 0 Å². The minimum absolute atomic E-state index is 0.735. The van der Waals surface area contributed by atoms with Crippen molar-refractivity contribution in [3.63, 3.8) is 0 Å². The van der Waals surface area contributed by atoms with Crippen molar-refractivity contribution in [2.24, 2.45) is 0 Å². The molecule has 0 N–H and O–H groups in total. The molecule has 0 amide bonds. The van der Waals surface area contributed by atoms with E-state index in [-0.39, 0.29) is 0 Å². The van der Waals surface area contributed by atoms with Crippen molar-refractivity contribution in [1.82, 2.24) is 4.98 Å². The lowest BCUT2D eigenvalue weighted by atomic mass is 10.1. The van der Waals surface area contributed by atoms with Crippen molar-refractivity contribution in [3.8, 4) is 10.4 Å². The van der Waals surface area contributed by atoms with Crippen LogP contribution >= 0.6 is 27.3 Å². The maximum absolute atomic E-state index is 10.7. The zero-order chi connectivity index (χ0) is 12.5. The molecule has 0 saturated heterocycles. The molecule has 0 saturated carbocycles. The van der Waals surface area contributed by atoms with E-state index in [1.807, 2.05) is 36.4 Å². The van der Waals surface area contributed by atoms with E-state index in [9.17, 15) is 4.79 Å². The number of pyridine rings is 1. The lowest BCUT2D eigenvalue weighted by molar-refractivity contribution is 0.112. The quantitative estimate of drug-likeness (QED) is 0.649. The van der Waals surface area contributed by atoms with E-state index in [1.165, 1.54) is 11.3 Å². The normalized spacial score (nSPS) is 10.7. The van der Waals surface area contributed by atoms with Crippen LogP contribution < -0.4 is 0 Å². The number of fused-ring (bicyclic) bond motifs is 1. The number of halogens is 1. The van der Waals surface area contributed by atoms with Crippen LogP contribution in [0.1, 0.15) is 9.67 Å². The summed E-state index contributed by atoms with van der Waals surface area (Å²) in [5.41, 5.74) is 2.03. The first kappa shape index (κ1) is 11.6. The number of hydrogen-bond donors (Lipinski definition) is 0. The third-order valence-corrected chi connectivity index (χ3v) is 4.16. The molecule has 0 spiro atoms. The van der Waals surface area contributed by atoms with Gasteiger partial charge in [-0.15, -0.1) is 11.3 Å². The molecule has 0 aliphatic heterocycles. The smallest absolute Gasteiger partial charge is 0.160 e. The van der Waals surface area contributed by atoms with E-state index in [2.05, 4.69) is 20.9 Å². The molecule has 3 aromatic rings. The van der Waals surface area contributed by atoms with Crippen molar-refractivity contribution in [2.75, 3.05) is 0 Å². The van der Waals surface area contributed by atoms with E-state index >= 15 is 0 Å². The summed E-state index contributed by atoms with van der Waals surface area (Å²) in [4.78, 5) is 17.0. The van der Waals surface area contributed by atoms with Crippen LogP contribution in [0.15, 0.2) is 47.1 Å². The Morgan fingerprint density at radius 3 is 2.89 bits per heavy atom. The highest BCUT2D eigenvalue weighted by molar-refractivity contribution is 9.10. The summed E-state index contributed by atoms with van der Waals surface area (Å²) < 4.78 is 0.965. The van der Waals surface area contributed by atoms with Crippen LogP contribution in [0.2, 0.25) is 0 Å². The number of carbonyl (C=O) groups is 1. The number of para-hydroxylation sites is 1. The molecular formula is C14H8BrNOS. The van der Waals surface area contributed by atoms with Gasteiger partial charge in [-0.1, -0.05) is 18.2 Å². The highest BCUT2D eigenvalue weighted by Gasteiger charge is 2.07. The number of aromatic nitrogens is 1. The maximum atomic E-state index is 10.7. The molecule has 2 heterocycles. The zero-order valence-electron chi connectivity index (χ0n) is 9.26. The first-order valence-corrected chi connectivity index (χ1v) is 6.98. The van der Waals surface area contributed by atoms with Gasteiger partial charge < -0.3 is 0 Å². The zero-order valence-corrected chi connectivity index (χ0v) is 11.7. The summed E-state index contributed by atoms with van der Waals surface area (Å²) >= 11 is 4.91. The minimum Gasteiger partial charge on any atom is -0.297 e. The van der Waals surface area contributed by atoms with Gasteiger partial charge in [-0.05, 0) is 34.1 Å². The summed E-state index contributed by atoms with van der Waals surface area (Å²) in [6, 6.07) is 11.9. The Morgan fingerprint density at radius 2 is 2.11 bits per heavy atom. The van der Waals surface area contributed by atoms with Crippen LogP contribution in [0.25, 0.3) is 21.3 Å². The molecule has 1 aromatic carbocycles. The highest BCUT2D eigenvalue weighted by Crippen LogP contribution is 2.32. The molecular weight excluding hydrogens is 310 g/mol. The van der Waals surface area contributed by atoms with Gasteiger partial charge in [0.2, 0.25) is 0 Å². The third kappa shape index (κ3) is 1.98. The van der Waals surface area contributed by atoms with Gasteiger partial charge >= 0.3 is 0 Å². The Balaban J connectivity index is 2.25. The molecule has 0 bridgehead atoms. The Kier molecular flexibility index (Phi) is 2.97. The van der Waals surface area contributed by atoms with E-state index in [0.717, 1.165) is 37.0 Å². The van der Waals surface area contributed by atoms with E-state index in [1.54, 1.807) is 6.20 Å². The molecule has 0 radical (unpaired) electrons. The van der Waals surface area contributed by atoms with Crippen molar-refractivity contribution in [3.05, 3.63) is 51.9 Å². The second kappa shape index (κ2) is 4.63. The Labute approximate surface area is 116 Å². The van der Waals surface area contributed by atoms with Gasteiger partial charge in [0.15, 0.2) is 6.29 Å². The molecule has 18 heavy (non-hydrogen) atoms. The Hall–Kier alpha value is -1.52. The monoisotopic (exact) mass is 317 g/mol. The molecule has 0 unspecified atom stereocenters. The molecule has 4 heteroatoms. The molecule has 0 aliphatic carbocycles. The van der Waals surface area contributed by atoms with Crippen molar-refractivity contribution < 1.29 is 4.79 Å². The van der Waals surface area contributed by atoms with Gasteiger partial charge in [-0.2, -0.15) is 0 Å². The van der Waals surface area contributed by atoms with Crippen molar-refractivity contribution in [1.29, 1.82) is 0 Å². The third-order valence-electron chi connectivity index (χ3n) is 2.69. The SMILES string of the molecule is O=Cc1ccc(-c2cccc3cc(Br)cnc23)s1. The maximum Gasteiger partial charge on any atom is 0.160 e. The molecule has 2 aromatic heterocycles. The molecule has 0 aliphatic rings. The van der Waals surface area contributed by atoms with Crippen molar-refractivity contribution >= 4 is 44.5 Å². The number of carbonyl (C=O) groups excluding carboxylic acids is 1. The fraction of sp³-hybridized carbons (Fsp3) is 0. The topological polar surface area (TPSA) is 30.0 Å². The van der Waals surface area contributed by atoms with Crippen LogP contribution in [-0.4, -0.2) is 11.3 Å². The average Bonchev–Trinajstić information content (AvgIpc) is 2.86. The van der Waals surface area contributed by atoms with Gasteiger partial charge in [-0.3, -0.25) is 9.78 Å². The van der Waals surface area contributed by atoms with Crippen LogP contribution in [-0.2, 0) is 0 Å². The molecule has 0 atom stereocenters. The van der Waals surface area contributed by atoms with E-state index in [4.69, 9.17) is 0 Å². The van der Waals surface area contributed by atoms with Crippen LogP contribution in [0.5, 0.6) is 0 Å². The summed E-state index contributed by atoms with van der Waals surface area (Å²) in [6.45, 7) is 0. The van der Waals surface area contributed by atoms with Gasteiger partial charge in [0.25, 0.3) is 0 Å². The number of nitrogens with zero attached hydrogens (tertiary/aromatic N) is 1. The van der Waals surface area contributed by atoms with Crippen LogP contribution in [0.4, 0.5) is 0 Å². The van der Waals surface area contributed by atoms with Gasteiger partial charge in [0, 0.05) is 26.5 Å². The van der Waals surface area contributed by atoms with Gasteiger partial charge in [0.05, 0.1) is 10.4 Å². The standard InChI is InChI=1S/C14H8BrNOS/c15-10-6-9-2-1-3-12(14(9)16-7-10)13-5-4-11(8-17)18-13/h1-8H. The number of benzene rings is 1. The number of thiophene rings is 1. The summed E-state index contributed by atoms with van der Waals surface area (Å²) in [6.07, 6.45) is 2.67. The molecule has 0 fully saturated rings. The van der Waals surface area contributed by atoms with Crippen molar-refractivity contribution in [2.45, 2.75) is 0 Å². The molecule has 2 nitrogen and oxygen atoms in total. The summed E-state index contributed by atoms with van der Waals surface area (Å²) in [7, 11) is 0. The first-order valence-electron chi connectivity index (χ1n) is 5.37. The first-order chi connectivity index (χ1) is 8.78. The minimum atomic E-state index is 0.735. The fourth-order valence-corrected chi connectivity index (χ4v) is 3.09. The molecule has 3 rings (SSSR count). The van der Waals surface area contributed by atoms with Gasteiger partial charge in [-0.25, -0.2) is 0 Å². The predicted octanol–water partition coefficient (Wildman–Crippen LogP) is 4.54. The number of aldehydes is 1. The fourth-order valence-electron chi connectivity index (χ4n) is 1.89. The van der Waals surface area contributed by atoms with Crippen LogP contribution in [0, 0.1) is 0 Å². The largest absolute Gasteiger partial charge is 0.297 e. The number of hydrogen-bond acceptors (Lipinski definition) is 3. The second-order valence-corrected chi connectivity index (χ2v) is 5.88. The summed E-state index contributed by atoms with van der Waals surface area (Å²) in [5, 5.41) is 1.09. The summed E-state index contributed by atoms with van der Waals surface area (Å²) in [5.74, 6) is 0. The highest BCUT2D eigenvalue weighted by atomic mass is 79.9. The van der Waals surface area contributed by atoms with Crippen LogP contribution in [0.3, 0.4) is 0 Å². The van der Waals surface area contributed by atoms with Gasteiger partial charge in [0.1, 0.15) is 0 Å². The number of rotatable bonds is 2. The lowest BCUT2D eigenvalue weighted by Crippen LogP contribution is -1.82. The Bertz CT molecular complexity index is 735. The average molecular weight is 318 g/mol. The van der Waals surface area contributed by atoms with E-state index in [0.29, 0.717) is 0 Å². The Morgan fingerprint density at radius 1 is 1.22 bits per heavy atom. The molecule has 88 valence electrons. The second-order valence-electron chi connectivity index (χ2n) is 3.85. The predicted molar refractivity (Wildman–Crippen MR) is 78.1 cm³/mol. The lowest BCUT2D eigenvalue weighted by Gasteiger charge is -2.03.